The second-order valence-corrected chi connectivity index (χ2v) is 9.53. The van der Waals surface area contributed by atoms with Gasteiger partial charge in [0, 0.05) is 10.7 Å². The number of carbonyl (C=O) groups is 2. The predicted molar refractivity (Wildman–Crippen MR) is 140 cm³/mol. The van der Waals surface area contributed by atoms with Crippen LogP contribution in [0, 0.1) is 6.92 Å². The van der Waals surface area contributed by atoms with E-state index in [1.807, 2.05) is 25.1 Å². The smallest absolute Gasteiger partial charge is 0.345 e. The summed E-state index contributed by atoms with van der Waals surface area (Å²) in [7, 11) is 0. The van der Waals surface area contributed by atoms with E-state index in [0.717, 1.165) is 29.5 Å². The van der Waals surface area contributed by atoms with Gasteiger partial charge in [-0.15, -0.1) is 10.2 Å². The highest BCUT2D eigenvalue weighted by Gasteiger charge is 2.34. The first-order valence-corrected chi connectivity index (χ1v) is 12.6. The summed E-state index contributed by atoms with van der Waals surface area (Å²) < 4.78 is 41.6. The summed E-state index contributed by atoms with van der Waals surface area (Å²) in [5.74, 6) is -0.922. The number of carbonyl (C=O) groups excluding carboxylic acids is 2. The van der Waals surface area contributed by atoms with Crippen molar-refractivity contribution in [1.29, 1.82) is 0 Å². The molecule has 38 heavy (non-hydrogen) atoms. The number of aromatic nitrogens is 3. The SMILES string of the molecule is Cc1cccc(NC(=O)CSc2nnc(CNC(=O)c3ccccc3C(F)(F)F)n2-c2cccc(Cl)c2)c1. The molecule has 0 radical (unpaired) electrons. The van der Waals surface area contributed by atoms with E-state index in [4.69, 9.17) is 11.6 Å². The first-order valence-electron chi connectivity index (χ1n) is 11.3. The summed E-state index contributed by atoms with van der Waals surface area (Å²) in [6.45, 7) is 1.69. The summed E-state index contributed by atoms with van der Waals surface area (Å²) in [6.07, 6.45) is -4.68. The summed E-state index contributed by atoms with van der Waals surface area (Å²) in [6, 6.07) is 18.7. The third kappa shape index (κ3) is 6.73. The molecule has 0 aliphatic rings. The highest BCUT2D eigenvalue weighted by Crippen LogP contribution is 2.32. The molecule has 0 aliphatic carbocycles. The lowest BCUT2D eigenvalue weighted by atomic mass is 10.1. The Hall–Kier alpha value is -3.83. The van der Waals surface area contributed by atoms with E-state index in [2.05, 4.69) is 20.8 Å². The number of hydrogen-bond acceptors (Lipinski definition) is 5. The van der Waals surface area contributed by atoms with Gasteiger partial charge in [-0.1, -0.05) is 53.7 Å². The molecule has 0 unspecified atom stereocenters. The Kier molecular flexibility index (Phi) is 8.38. The maximum absolute atomic E-state index is 13.4. The fourth-order valence-electron chi connectivity index (χ4n) is 3.62. The number of halogens is 4. The summed E-state index contributed by atoms with van der Waals surface area (Å²) in [5, 5.41) is 14.3. The van der Waals surface area contributed by atoms with Crippen LogP contribution < -0.4 is 10.6 Å². The van der Waals surface area contributed by atoms with Crippen LogP contribution in [0.5, 0.6) is 0 Å². The van der Waals surface area contributed by atoms with Gasteiger partial charge in [0.2, 0.25) is 5.91 Å². The maximum Gasteiger partial charge on any atom is 0.417 e. The molecule has 0 atom stereocenters. The van der Waals surface area contributed by atoms with Crippen molar-refractivity contribution in [2.24, 2.45) is 0 Å². The van der Waals surface area contributed by atoms with E-state index in [-0.39, 0.29) is 24.0 Å². The molecule has 0 spiro atoms. The number of aryl methyl sites for hydroxylation is 1. The summed E-state index contributed by atoms with van der Waals surface area (Å²) in [4.78, 5) is 25.2. The average molecular weight is 560 g/mol. The van der Waals surface area contributed by atoms with Gasteiger partial charge in [-0.05, 0) is 55.0 Å². The summed E-state index contributed by atoms with van der Waals surface area (Å²) >= 11 is 7.27. The van der Waals surface area contributed by atoms with Crippen molar-refractivity contribution in [2.75, 3.05) is 11.1 Å². The van der Waals surface area contributed by atoms with E-state index in [0.29, 0.717) is 21.6 Å². The summed E-state index contributed by atoms with van der Waals surface area (Å²) in [5.41, 5.74) is 0.681. The molecule has 12 heteroatoms. The van der Waals surface area contributed by atoms with Crippen molar-refractivity contribution >= 4 is 40.9 Å². The Balaban J connectivity index is 1.54. The number of hydrogen-bond donors (Lipinski definition) is 2. The molecule has 4 aromatic rings. The van der Waals surface area contributed by atoms with Gasteiger partial charge < -0.3 is 10.6 Å². The average Bonchev–Trinajstić information content (AvgIpc) is 3.28. The Morgan fingerprint density at radius 1 is 1.00 bits per heavy atom. The molecular weight excluding hydrogens is 539 g/mol. The van der Waals surface area contributed by atoms with E-state index in [1.54, 1.807) is 34.9 Å². The number of anilines is 1. The minimum absolute atomic E-state index is 0.0119. The van der Waals surface area contributed by atoms with E-state index < -0.39 is 23.2 Å². The standard InChI is InChI=1S/C26H21ClF3N5O2S/c1-16-6-4-8-18(12-16)32-23(36)15-38-25-34-33-22(35(25)19-9-5-7-17(27)13-19)14-31-24(37)20-10-2-3-11-21(20)26(28,29)30/h2-13H,14-15H2,1H3,(H,31,37)(H,32,36). The maximum atomic E-state index is 13.4. The second-order valence-electron chi connectivity index (χ2n) is 8.15. The number of nitrogens with zero attached hydrogens (tertiary/aromatic N) is 3. The quantitative estimate of drug-likeness (QED) is 0.262. The number of nitrogens with one attached hydrogen (secondary N) is 2. The van der Waals surface area contributed by atoms with Gasteiger partial charge in [-0.2, -0.15) is 13.2 Å². The van der Waals surface area contributed by atoms with Crippen LogP contribution in [0.3, 0.4) is 0 Å². The highest BCUT2D eigenvalue weighted by atomic mass is 35.5. The Bertz CT molecular complexity index is 1480. The zero-order valence-corrected chi connectivity index (χ0v) is 21.5. The lowest BCUT2D eigenvalue weighted by Crippen LogP contribution is -2.27. The van der Waals surface area contributed by atoms with Gasteiger partial charge >= 0.3 is 6.18 Å². The van der Waals surface area contributed by atoms with Crippen molar-refractivity contribution in [2.45, 2.75) is 24.8 Å². The molecular formula is C26H21ClF3N5O2S. The minimum Gasteiger partial charge on any atom is -0.345 e. The van der Waals surface area contributed by atoms with Crippen LogP contribution in [-0.4, -0.2) is 32.3 Å². The van der Waals surface area contributed by atoms with Crippen molar-refractivity contribution < 1.29 is 22.8 Å². The molecule has 0 saturated heterocycles. The van der Waals surface area contributed by atoms with Crippen LogP contribution in [0.1, 0.15) is 27.3 Å². The zero-order valence-electron chi connectivity index (χ0n) is 19.9. The minimum atomic E-state index is -4.68. The topological polar surface area (TPSA) is 88.9 Å². The van der Waals surface area contributed by atoms with Gasteiger partial charge in [-0.3, -0.25) is 14.2 Å². The molecule has 2 amide bonds. The number of rotatable bonds is 8. The van der Waals surface area contributed by atoms with Gasteiger partial charge in [0.25, 0.3) is 5.91 Å². The van der Waals surface area contributed by atoms with E-state index in [1.165, 1.54) is 12.1 Å². The van der Waals surface area contributed by atoms with Crippen LogP contribution in [0.25, 0.3) is 5.69 Å². The van der Waals surface area contributed by atoms with Crippen molar-refractivity contribution in [3.8, 4) is 5.69 Å². The normalized spacial score (nSPS) is 11.3. The van der Waals surface area contributed by atoms with Gasteiger partial charge in [0.15, 0.2) is 11.0 Å². The largest absolute Gasteiger partial charge is 0.417 e. The molecule has 0 bridgehead atoms. The van der Waals surface area contributed by atoms with Gasteiger partial charge in [0.05, 0.1) is 29.1 Å². The molecule has 2 N–H and O–H groups in total. The number of amides is 2. The van der Waals surface area contributed by atoms with Crippen molar-refractivity contribution in [3.63, 3.8) is 0 Å². The van der Waals surface area contributed by atoms with Gasteiger partial charge in [-0.25, -0.2) is 0 Å². The molecule has 196 valence electrons. The lowest BCUT2D eigenvalue weighted by molar-refractivity contribution is -0.138. The van der Waals surface area contributed by atoms with Crippen LogP contribution in [-0.2, 0) is 17.5 Å². The highest BCUT2D eigenvalue weighted by molar-refractivity contribution is 7.99. The van der Waals surface area contributed by atoms with Crippen LogP contribution >= 0.6 is 23.4 Å². The van der Waals surface area contributed by atoms with E-state index in [9.17, 15) is 22.8 Å². The Morgan fingerprint density at radius 3 is 2.50 bits per heavy atom. The number of thioether (sulfide) groups is 1. The zero-order chi connectivity index (χ0) is 27.3. The van der Waals surface area contributed by atoms with Crippen molar-refractivity contribution in [1.82, 2.24) is 20.1 Å². The molecule has 1 heterocycles. The fraction of sp³-hybridized carbons (Fsp3) is 0.154. The molecule has 4 rings (SSSR count). The first kappa shape index (κ1) is 27.2. The van der Waals surface area contributed by atoms with Crippen LogP contribution in [0.2, 0.25) is 5.02 Å². The van der Waals surface area contributed by atoms with Gasteiger partial charge in [0.1, 0.15) is 0 Å². The Labute approximate surface area is 225 Å². The fourth-order valence-corrected chi connectivity index (χ4v) is 4.57. The monoisotopic (exact) mass is 559 g/mol. The molecule has 0 aliphatic heterocycles. The number of alkyl halides is 3. The molecule has 0 saturated carbocycles. The third-order valence-corrected chi connectivity index (χ3v) is 6.45. The lowest BCUT2D eigenvalue weighted by Gasteiger charge is -2.14. The second kappa shape index (κ2) is 11.7. The number of benzene rings is 3. The third-order valence-electron chi connectivity index (χ3n) is 5.29. The van der Waals surface area contributed by atoms with Crippen LogP contribution in [0.15, 0.2) is 78.0 Å². The molecule has 3 aromatic carbocycles. The molecule has 1 aromatic heterocycles. The Morgan fingerprint density at radius 2 is 1.76 bits per heavy atom. The molecule has 0 fully saturated rings. The molecule has 7 nitrogen and oxygen atoms in total. The predicted octanol–water partition coefficient (Wildman–Crippen LogP) is 5.91. The van der Waals surface area contributed by atoms with Crippen LogP contribution in [0.4, 0.5) is 18.9 Å². The van der Waals surface area contributed by atoms with Crippen molar-refractivity contribution in [3.05, 3.63) is 100 Å². The van der Waals surface area contributed by atoms with E-state index >= 15 is 0 Å². The first-order chi connectivity index (χ1) is 18.1.